The van der Waals surface area contributed by atoms with Gasteiger partial charge in [-0.1, -0.05) is 6.58 Å². The van der Waals surface area contributed by atoms with Crippen LogP contribution in [-0.2, 0) is 19.1 Å². The highest BCUT2D eigenvalue weighted by molar-refractivity contribution is 5.90. The molecule has 0 aliphatic heterocycles. The Morgan fingerprint density at radius 1 is 1.31 bits per heavy atom. The summed E-state index contributed by atoms with van der Waals surface area (Å²) < 4.78 is 9.19. The van der Waals surface area contributed by atoms with E-state index in [0.717, 1.165) is 6.08 Å². The fourth-order valence-corrected chi connectivity index (χ4v) is 0.461. The Morgan fingerprint density at radius 2 is 2.00 bits per heavy atom. The zero-order valence-electron chi connectivity index (χ0n) is 6.93. The number of carbonyl (C=O) groups is 2. The van der Waals surface area contributed by atoms with Gasteiger partial charge in [-0.3, -0.25) is 0 Å². The van der Waals surface area contributed by atoms with Gasteiger partial charge >= 0.3 is 11.9 Å². The second kappa shape index (κ2) is 6.90. The fraction of sp³-hybridized carbons (Fsp3) is 0.250. The summed E-state index contributed by atoms with van der Waals surface area (Å²) >= 11 is 0. The van der Waals surface area contributed by atoms with Gasteiger partial charge in [-0.25, -0.2) is 9.59 Å². The molecule has 5 nitrogen and oxygen atoms in total. The van der Waals surface area contributed by atoms with Crippen LogP contribution in [0, 0.1) is 0 Å². The number of ether oxygens (including phenoxy) is 2. The summed E-state index contributed by atoms with van der Waals surface area (Å²) in [5.41, 5.74) is 0. The van der Waals surface area contributed by atoms with E-state index in [2.05, 4.69) is 16.1 Å². The smallest absolute Gasteiger partial charge is 0.331 e. The van der Waals surface area contributed by atoms with Gasteiger partial charge in [0.05, 0.1) is 6.26 Å². The number of aliphatic carboxylic acids is 1. The summed E-state index contributed by atoms with van der Waals surface area (Å²) in [7, 11) is 0. The second-order valence-electron chi connectivity index (χ2n) is 1.88. The minimum atomic E-state index is -1.20. The molecule has 72 valence electrons. The predicted molar refractivity (Wildman–Crippen MR) is 43.9 cm³/mol. The lowest BCUT2D eigenvalue weighted by molar-refractivity contribution is -0.139. The van der Waals surface area contributed by atoms with Crippen LogP contribution in [-0.4, -0.2) is 30.3 Å². The molecule has 0 aliphatic carbocycles. The van der Waals surface area contributed by atoms with Crippen LogP contribution in [0.2, 0.25) is 0 Å². The van der Waals surface area contributed by atoms with E-state index in [1.807, 2.05) is 0 Å². The van der Waals surface area contributed by atoms with E-state index in [1.54, 1.807) is 0 Å². The first-order chi connectivity index (χ1) is 6.16. The Kier molecular flexibility index (Phi) is 5.96. The zero-order valence-corrected chi connectivity index (χ0v) is 6.93. The summed E-state index contributed by atoms with van der Waals surface area (Å²) in [5.74, 6) is -1.91. The van der Waals surface area contributed by atoms with E-state index < -0.39 is 11.9 Å². The van der Waals surface area contributed by atoms with Crippen LogP contribution in [0.25, 0.3) is 0 Å². The molecule has 0 bridgehead atoms. The molecule has 0 saturated heterocycles. The average molecular weight is 186 g/mol. The van der Waals surface area contributed by atoms with Crippen LogP contribution in [0.1, 0.15) is 0 Å². The van der Waals surface area contributed by atoms with Crippen molar-refractivity contribution in [2.75, 3.05) is 13.2 Å². The maximum Gasteiger partial charge on any atom is 0.331 e. The van der Waals surface area contributed by atoms with E-state index in [9.17, 15) is 9.59 Å². The Labute approximate surface area is 75.3 Å². The van der Waals surface area contributed by atoms with E-state index in [-0.39, 0.29) is 13.2 Å². The van der Waals surface area contributed by atoms with Crippen molar-refractivity contribution in [3.8, 4) is 0 Å². The summed E-state index contributed by atoms with van der Waals surface area (Å²) in [4.78, 5) is 20.6. The van der Waals surface area contributed by atoms with Crippen molar-refractivity contribution in [1.82, 2.24) is 0 Å². The quantitative estimate of drug-likeness (QED) is 0.280. The highest BCUT2D eigenvalue weighted by atomic mass is 16.6. The summed E-state index contributed by atoms with van der Waals surface area (Å²) in [6.45, 7) is 3.55. The lowest BCUT2D eigenvalue weighted by atomic mass is 10.5. The Hall–Kier alpha value is -1.78. The van der Waals surface area contributed by atoms with Crippen molar-refractivity contribution in [3.05, 3.63) is 25.0 Å². The molecule has 0 spiro atoms. The van der Waals surface area contributed by atoms with Gasteiger partial charge < -0.3 is 14.6 Å². The number of carboxylic acids is 1. The maximum atomic E-state index is 10.7. The highest BCUT2D eigenvalue weighted by Crippen LogP contribution is 1.83. The molecule has 0 aromatic rings. The van der Waals surface area contributed by atoms with Gasteiger partial charge in [0.25, 0.3) is 0 Å². The lowest BCUT2D eigenvalue weighted by Crippen LogP contribution is -2.07. The van der Waals surface area contributed by atoms with Crippen molar-refractivity contribution < 1.29 is 24.2 Å². The Balaban J connectivity index is 3.51. The van der Waals surface area contributed by atoms with Gasteiger partial charge in [-0.05, 0) is 0 Å². The molecule has 0 aromatic heterocycles. The molecule has 1 N–H and O–H groups in total. The van der Waals surface area contributed by atoms with Gasteiger partial charge in [-0.15, -0.1) is 0 Å². The molecule has 0 rings (SSSR count). The second-order valence-corrected chi connectivity index (χ2v) is 1.88. The third-order valence-electron chi connectivity index (χ3n) is 0.925. The zero-order chi connectivity index (χ0) is 10.1. The SMILES string of the molecule is C=COCCOC(=O)/C=C\C(=O)O. The van der Waals surface area contributed by atoms with Crippen LogP contribution < -0.4 is 0 Å². The minimum Gasteiger partial charge on any atom is -0.498 e. The first-order valence-corrected chi connectivity index (χ1v) is 3.47. The third kappa shape index (κ3) is 8.12. The van der Waals surface area contributed by atoms with Crippen LogP contribution >= 0.6 is 0 Å². The minimum absolute atomic E-state index is 0.0643. The molecule has 0 fully saturated rings. The van der Waals surface area contributed by atoms with E-state index in [4.69, 9.17) is 5.11 Å². The van der Waals surface area contributed by atoms with E-state index in [0.29, 0.717) is 6.08 Å². The van der Waals surface area contributed by atoms with E-state index >= 15 is 0 Å². The van der Waals surface area contributed by atoms with Crippen LogP contribution in [0.3, 0.4) is 0 Å². The maximum absolute atomic E-state index is 10.7. The molecule has 0 aliphatic rings. The molecule has 13 heavy (non-hydrogen) atoms. The van der Waals surface area contributed by atoms with Gasteiger partial charge in [0.2, 0.25) is 0 Å². The van der Waals surface area contributed by atoms with Crippen LogP contribution in [0.15, 0.2) is 25.0 Å². The molecule has 0 saturated carbocycles. The molecule has 0 heterocycles. The summed E-state index contributed by atoms with van der Waals surface area (Å²) in [5, 5.41) is 8.14. The summed E-state index contributed by atoms with van der Waals surface area (Å²) in [6.07, 6.45) is 2.76. The number of rotatable bonds is 6. The molecular formula is C8H10O5. The summed E-state index contributed by atoms with van der Waals surface area (Å²) in [6, 6.07) is 0. The number of carbonyl (C=O) groups excluding carboxylic acids is 1. The molecule has 0 unspecified atom stereocenters. The normalized spacial score (nSPS) is 9.54. The number of esters is 1. The largest absolute Gasteiger partial charge is 0.498 e. The highest BCUT2D eigenvalue weighted by Gasteiger charge is 1.96. The standard InChI is InChI=1S/C8H10O5/c1-2-12-5-6-13-8(11)4-3-7(9)10/h2-4H,1,5-6H2,(H,9,10)/b4-3-. The molecule has 0 amide bonds. The van der Waals surface area contributed by atoms with Crippen molar-refractivity contribution >= 4 is 11.9 Å². The lowest BCUT2D eigenvalue weighted by Gasteiger charge is -2.00. The average Bonchev–Trinajstić information content (AvgIpc) is 2.09. The first kappa shape index (κ1) is 11.2. The number of hydrogen-bond donors (Lipinski definition) is 1. The van der Waals surface area contributed by atoms with Gasteiger partial charge in [-0.2, -0.15) is 0 Å². The van der Waals surface area contributed by atoms with Crippen LogP contribution in [0.4, 0.5) is 0 Å². The predicted octanol–water partition coefficient (Wildman–Crippen LogP) is 0.330. The van der Waals surface area contributed by atoms with Crippen LogP contribution in [0.5, 0.6) is 0 Å². The van der Waals surface area contributed by atoms with Gasteiger partial charge in [0, 0.05) is 12.2 Å². The van der Waals surface area contributed by atoms with Crippen molar-refractivity contribution in [2.45, 2.75) is 0 Å². The third-order valence-corrected chi connectivity index (χ3v) is 0.925. The Bertz CT molecular complexity index is 219. The monoisotopic (exact) mass is 186 g/mol. The molecule has 0 atom stereocenters. The topological polar surface area (TPSA) is 72.8 Å². The van der Waals surface area contributed by atoms with Crippen molar-refractivity contribution in [2.24, 2.45) is 0 Å². The Morgan fingerprint density at radius 3 is 2.54 bits per heavy atom. The first-order valence-electron chi connectivity index (χ1n) is 3.47. The number of hydrogen-bond acceptors (Lipinski definition) is 4. The van der Waals surface area contributed by atoms with Crippen molar-refractivity contribution in [3.63, 3.8) is 0 Å². The molecule has 0 aromatic carbocycles. The van der Waals surface area contributed by atoms with Gasteiger partial charge in [0.15, 0.2) is 0 Å². The van der Waals surface area contributed by atoms with E-state index in [1.165, 1.54) is 6.26 Å². The molecule has 0 radical (unpaired) electrons. The number of carboxylic acid groups (broad SMARTS) is 1. The molecule has 5 heteroatoms. The fourth-order valence-electron chi connectivity index (χ4n) is 0.461. The van der Waals surface area contributed by atoms with Crippen molar-refractivity contribution in [1.29, 1.82) is 0 Å². The molecular weight excluding hydrogens is 176 g/mol. The van der Waals surface area contributed by atoms with Gasteiger partial charge in [0.1, 0.15) is 13.2 Å².